The van der Waals surface area contributed by atoms with Crippen LogP contribution < -0.4 is 5.56 Å². The van der Waals surface area contributed by atoms with Crippen LogP contribution in [-0.2, 0) is 29.9 Å². The maximum atomic E-state index is 13.5. The maximum Gasteiger partial charge on any atom is 0.263 e. The molecule has 5 rings (SSSR count). The van der Waals surface area contributed by atoms with Crippen LogP contribution in [0.25, 0.3) is 10.2 Å². The minimum absolute atomic E-state index is 0.116. The summed E-state index contributed by atoms with van der Waals surface area (Å²) in [4.78, 5) is 25.5. The van der Waals surface area contributed by atoms with Crippen molar-refractivity contribution in [1.82, 2.24) is 14.5 Å². The molecule has 2 aliphatic rings. The molecule has 0 aromatic carbocycles. The number of aryl methyl sites for hydroxylation is 2. The summed E-state index contributed by atoms with van der Waals surface area (Å²) in [6.07, 6.45) is 5.45. The fourth-order valence-corrected chi connectivity index (χ4v) is 7.26. The Hall–Kier alpha value is -1.22. The van der Waals surface area contributed by atoms with E-state index in [2.05, 4.69) is 19.2 Å². The monoisotopic (exact) mass is 447 g/mol. The molecule has 1 aliphatic heterocycles. The molecule has 0 bridgehead atoms. The standard InChI is InChI=1S/C21H25N3O2S3/c1-12(2)18-22-13(10-27-18)11-28-21-23-19-17(15-6-3-7-16(15)29-19)20(25)24(21)9-14-5-4-8-26-14/h10,12,14H,3-9,11H2,1-2H3. The fourth-order valence-electron chi connectivity index (χ4n) is 4.11. The highest BCUT2D eigenvalue weighted by Crippen LogP contribution is 2.36. The zero-order valence-corrected chi connectivity index (χ0v) is 19.2. The van der Waals surface area contributed by atoms with Gasteiger partial charge in [0.15, 0.2) is 5.16 Å². The average Bonchev–Trinajstić information content (AvgIpc) is 3.47. The van der Waals surface area contributed by atoms with E-state index < -0.39 is 0 Å². The second-order valence-corrected chi connectivity index (χ2v) is 11.0. The summed E-state index contributed by atoms with van der Waals surface area (Å²) < 4.78 is 7.72. The van der Waals surface area contributed by atoms with Crippen LogP contribution in [0, 0.1) is 0 Å². The lowest BCUT2D eigenvalue weighted by atomic mass is 10.2. The quantitative estimate of drug-likeness (QED) is 0.393. The highest BCUT2D eigenvalue weighted by Gasteiger charge is 2.25. The molecule has 0 N–H and O–H groups in total. The van der Waals surface area contributed by atoms with Gasteiger partial charge in [-0.1, -0.05) is 25.6 Å². The number of nitrogens with zero attached hydrogens (tertiary/aromatic N) is 3. The molecule has 154 valence electrons. The molecular weight excluding hydrogens is 422 g/mol. The van der Waals surface area contributed by atoms with Crippen molar-refractivity contribution in [1.29, 1.82) is 0 Å². The molecule has 5 nitrogen and oxygen atoms in total. The van der Waals surface area contributed by atoms with Crippen LogP contribution in [-0.4, -0.2) is 27.2 Å². The Labute approximate surface area is 182 Å². The molecule has 3 aromatic heterocycles. The van der Waals surface area contributed by atoms with E-state index in [1.54, 1.807) is 34.4 Å². The van der Waals surface area contributed by atoms with E-state index in [-0.39, 0.29) is 11.7 Å². The minimum Gasteiger partial charge on any atom is -0.376 e. The van der Waals surface area contributed by atoms with Gasteiger partial charge in [-0.15, -0.1) is 22.7 Å². The van der Waals surface area contributed by atoms with Crippen LogP contribution in [0.15, 0.2) is 15.3 Å². The molecule has 8 heteroatoms. The highest BCUT2D eigenvalue weighted by atomic mass is 32.2. The van der Waals surface area contributed by atoms with Crippen LogP contribution in [0.1, 0.15) is 60.2 Å². The summed E-state index contributed by atoms with van der Waals surface area (Å²) >= 11 is 5.05. The van der Waals surface area contributed by atoms with Crippen LogP contribution in [0.3, 0.4) is 0 Å². The molecule has 1 unspecified atom stereocenters. The summed E-state index contributed by atoms with van der Waals surface area (Å²) in [6.45, 7) is 5.73. The van der Waals surface area contributed by atoms with Crippen molar-refractivity contribution < 1.29 is 4.74 Å². The smallest absolute Gasteiger partial charge is 0.263 e. The lowest BCUT2D eigenvalue weighted by molar-refractivity contribution is 0.0937. The Kier molecular flexibility index (Phi) is 5.53. The highest BCUT2D eigenvalue weighted by molar-refractivity contribution is 7.98. The number of fused-ring (bicyclic) bond motifs is 3. The Morgan fingerprint density at radius 1 is 1.31 bits per heavy atom. The van der Waals surface area contributed by atoms with E-state index >= 15 is 0 Å². The lowest BCUT2D eigenvalue weighted by Crippen LogP contribution is -2.28. The van der Waals surface area contributed by atoms with E-state index in [0.717, 1.165) is 70.5 Å². The Balaban J connectivity index is 1.50. The molecule has 1 fully saturated rings. The Bertz CT molecular complexity index is 1090. The molecule has 0 spiro atoms. The number of thiophene rings is 1. The van der Waals surface area contributed by atoms with Gasteiger partial charge in [0.1, 0.15) is 4.83 Å². The van der Waals surface area contributed by atoms with Crippen molar-refractivity contribution in [2.75, 3.05) is 6.61 Å². The predicted molar refractivity (Wildman–Crippen MR) is 121 cm³/mol. The van der Waals surface area contributed by atoms with Gasteiger partial charge in [0.25, 0.3) is 5.56 Å². The Morgan fingerprint density at radius 2 is 2.21 bits per heavy atom. The summed E-state index contributed by atoms with van der Waals surface area (Å²) in [5.41, 5.74) is 2.44. The van der Waals surface area contributed by atoms with Crippen molar-refractivity contribution in [3.05, 3.63) is 36.9 Å². The van der Waals surface area contributed by atoms with Crippen LogP contribution >= 0.6 is 34.4 Å². The number of thioether (sulfide) groups is 1. The first-order valence-electron chi connectivity index (χ1n) is 10.3. The third kappa shape index (κ3) is 3.80. The van der Waals surface area contributed by atoms with Gasteiger partial charge in [-0.2, -0.15) is 0 Å². The fraction of sp³-hybridized carbons (Fsp3) is 0.571. The van der Waals surface area contributed by atoms with Gasteiger partial charge < -0.3 is 4.74 Å². The molecule has 1 atom stereocenters. The summed E-state index contributed by atoms with van der Waals surface area (Å²) in [6, 6.07) is 0. The number of thiazole rings is 1. The van der Waals surface area contributed by atoms with Gasteiger partial charge >= 0.3 is 0 Å². The topological polar surface area (TPSA) is 57.0 Å². The van der Waals surface area contributed by atoms with Crippen LogP contribution in [0.4, 0.5) is 0 Å². The molecule has 1 aliphatic carbocycles. The Morgan fingerprint density at radius 3 is 2.97 bits per heavy atom. The van der Waals surface area contributed by atoms with Gasteiger partial charge in [0.05, 0.1) is 28.7 Å². The zero-order chi connectivity index (χ0) is 20.0. The molecular formula is C21H25N3O2S3. The van der Waals surface area contributed by atoms with E-state index in [1.807, 2.05) is 4.57 Å². The third-order valence-corrected chi connectivity index (χ3v) is 9.00. The molecule has 0 saturated carbocycles. The summed E-state index contributed by atoms with van der Waals surface area (Å²) in [7, 11) is 0. The van der Waals surface area contributed by atoms with Gasteiger partial charge in [0.2, 0.25) is 0 Å². The first kappa shape index (κ1) is 19.7. The molecule has 4 heterocycles. The van der Waals surface area contributed by atoms with Crippen LogP contribution in [0.5, 0.6) is 0 Å². The number of aromatic nitrogens is 3. The second-order valence-electron chi connectivity index (χ2n) is 8.10. The first-order valence-corrected chi connectivity index (χ1v) is 13.0. The largest absolute Gasteiger partial charge is 0.376 e. The van der Waals surface area contributed by atoms with Crippen molar-refractivity contribution in [3.8, 4) is 0 Å². The van der Waals surface area contributed by atoms with E-state index in [9.17, 15) is 4.79 Å². The molecule has 0 radical (unpaired) electrons. The minimum atomic E-state index is 0.116. The average molecular weight is 448 g/mol. The van der Waals surface area contributed by atoms with Crippen molar-refractivity contribution in [2.24, 2.45) is 0 Å². The third-order valence-electron chi connectivity index (χ3n) is 5.61. The van der Waals surface area contributed by atoms with Gasteiger partial charge in [0, 0.05) is 28.5 Å². The SMILES string of the molecule is CC(C)c1nc(CSc2nc3sc4c(c3c(=O)n2CC2CCCO2)CCC4)cs1. The first-order chi connectivity index (χ1) is 14.1. The number of hydrogen-bond acceptors (Lipinski definition) is 7. The number of hydrogen-bond donors (Lipinski definition) is 0. The van der Waals surface area contributed by atoms with Gasteiger partial charge in [-0.25, -0.2) is 9.97 Å². The number of rotatable bonds is 6. The molecule has 0 amide bonds. The molecule has 3 aromatic rings. The normalized spacial score (nSPS) is 18.9. The summed E-state index contributed by atoms with van der Waals surface area (Å²) in [5.74, 6) is 1.18. The lowest BCUT2D eigenvalue weighted by Gasteiger charge is -2.15. The van der Waals surface area contributed by atoms with E-state index in [0.29, 0.717) is 12.5 Å². The summed E-state index contributed by atoms with van der Waals surface area (Å²) in [5, 5.41) is 4.95. The van der Waals surface area contributed by atoms with Crippen molar-refractivity contribution in [2.45, 2.75) is 75.4 Å². The second kappa shape index (κ2) is 8.13. The predicted octanol–water partition coefficient (Wildman–Crippen LogP) is 5.00. The number of ether oxygens (including phenoxy) is 1. The van der Waals surface area contributed by atoms with E-state index in [4.69, 9.17) is 14.7 Å². The zero-order valence-electron chi connectivity index (χ0n) is 16.8. The van der Waals surface area contributed by atoms with Gasteiger partial charge in [-0.05, 0) is 37.7 Å². The van der Waals surface area contributed by atoms with Crippen LogP contribution in [0.2, 0.25) is 0 Å². The van der Waals surface area contributed by atoms with Crippen molar-refractivity contribution >= 4 is 44.7 Å². The van der Waals surface area contributed by atoms with Gasteiger partial charge in [-0.3, -0.25) is 9.36 Å². The maximum absolute atomic E-state index is 13.5. The van der Waals surface area contributed by atoms with E-state index in [1.165, 1.54) is 10.4 Å². The molecule has 1 saturated heterocycles. The molecule has 29 heavy (non-hydrogen) atoms. The van der Waals surface area contributed by atoms with Crippen molar-refractivity contribution in [3.63, 3.8) is 0 Å².